The molecule has 2 aromatic rings. The van der Waals surface area contributed by atoms with Gasteiger partial charge in [-0.15, -0.1) is 0 Å². The molecule has 0 bridgehead atoms. The molecule has 2 aromatic carbocycles. The van der Waals surface area contributed by atoms with Crippen molar-refractivity contribution in [3.8, 4) is 0 Å². The normalized spacial score (nSPS) is 19.5. The highest BCUT2D eigenvalue weighted by molar-refractivity contribution is 5.79. The fraction of sp³-hybridized carbons (Fsp3) is 0.278. The fourth-order valence-corrected chi connectivity index (χ4v) is 3.13. The predicted molar refractivity (Wildman–Crippen MR) is 81.5 cm³/mol. The van der Waals surface area contributed by atoms with Gasteiger partial charge in [0.25, 0.3) is 0 Å². The molecule has 2 atom stereocenters. The average Bonchev–Trinajstić information content (AvgIpc) is 2.92. The molecule has 1 aliphatic heterocycles. The second kappa shape index (κ2) is 6.28. The van der Waals surface area contributed by atoms with Crippen LogP contribution in [0.2, 0.25) is 0 Å². The Bertz CT molecular complexity index is 642. The number of halogens is 1. The first kappa shape index (κ1) is 14.7. The van der Waals surface area contributed by atoms with Crippen molar-refractivity contribution < 1.29 is 14.3 Å². The first-order valence-corrected chi connectivity index (χ1v) is 7.43. The molecule has 0 aliphatic carbocycles. The number of carbonyl (C=O) groups excluding carboxylic acids is 1. The summed E-state index contributed by atoms with van der Waals surface area (Å²) in [7, 11) is 0. The molecular weight excluding hydrogens is 281 g/mol. The van der Waals surface area contributed by atoms with E-state index in [2.05, 4.69) is 0 Å². The smallest absolute Gasteiger partial charge is 0.223 e. The largest absolute Gasteiger partial charge is 0.394 e. The van der Waals surface area contributed by atoms with Crippen LogP contribution < -0.4 is 0 Å². The van der Waals surface area contributed by atoms with Crippen LogP contribution in [0.15, 0.2) is 54.6 Å². The number of nitrogens with zero attached hydrogens (tertiary/aromatic N) is 1. The van der Waals surface area contributed by atoms with Gasteiger partial charge in [-0.1, -0.05) is 42.5 Å². The molecule has 4 heteroatoms. The predicted octanol–water partition coefficient (Wildman–Crippen LogP) is 3.22. The van der Waals surface area contributed by atoms with Crippen LogP contribution in [0.1, 0.15) is 36.1 Å². The lowest BCUT2D eigenvalue weighted by molar-refractivity contribution is -0.132. The first-order chi connectivity index (χ1) is 10.7. The summed E-state index contributed by atoms with van der Waals surface area (Å²) >= 11 is 0. The number of likely N-dealkylation sites (tertiary alicyclic amines) is 1. The highest BCUT2D eigenvalue weighted by Crippen LogP contribution is 2.39. The number of rotatable bonds is 4. The van der Waals surface area contributed by atoms with Crippen molar-refractivity contribution in [3.63, 3.8) is 0 Å². The minimum atomic E-state index is -0.369. The third kappa shape index (κ3) is 2.74. The quantitative estimate of drug-likeness (QED) is 0.941. The standard InChI is InChI=1S/C18H18FNO2/c19-15-8-6-14(7-9-15)16-10-11-18(22)20(16)17(12-21)13-4-2-1-3-5-13/h1-9,16-17,21H,10-12H2/t16-,17-/m0/s1. The lowest BCUT2D eigenvalue weighted by Gasteiger charge is -2.33. The van der Waals surface area contributed by atoms with Crippen molar-refractivity contribution in [3.05, 3.63) is 71.5 Å². The van der Waals surface area contributed by atoms with Gasteiger partial charge in [0.15, 0.2) is 0 Å². The molecule has 22 heavy (non-hydrogen) atoms. The van der Waals surface area contributed by atoms with E-state index >= 15 is 0 Å². The summed E-state index contributed by atoms with van der Waals surface area (Å²) in [4.78, 5) is 14.1. The maximum atomic E-state index is 13.1. The molecule has 0 aromatic heterocycles. The lowest BCUT2D eigenvalue weighted by atomic mass is 10.0. The summed E-state index contributed by atoms with van der Waals surface area (Å²) in [6.07, 6.45) is 1.14. The molecule has 1 saturated heterocycles. The van der Waals surface area contributed by atoms with Crippen LogP contribution in [0.5, 0.6) is 0 Å². The van der Waals surface area contributed by atoms with Crippen molar-refractivity contribution in [1.29, 1.82) is 0 Å². The van der Waals surface area contributed by atoms with Gasteiger partial charge in [0, 0.05) is 6.42 Å². The maximum absolute atomic E-state index is 13.1. The molecule has 0 spiro atoms. The molecule has 3 rings (SSSR count). The molecule has 0 radical (unpaired) electrons. The average molecular weight is 299 g/mol. The summed E-state index contributed by atoms with van der Waals surface area (Å²) in [5.74, 6) is -0.265. The van der Waals surface area contributed by atoms with Crippen LogP contribution in [0.4, 0.5) is 4.39 Å². The Balaban J connectivity index is 1.94. The Labute approximate surface area is 129 Å². The third-order valence-electron chi connectivity index (χ3n) is 4.20. The van der Waals surface area contributed by atoms with Gasteiger partial charge >= 0.3 is 0 Å². The van der Waals surface area contributed by atoms with Crippen molar-refractivity contribution in [2.75, 3.05) is 6.61 Å². The Kier molecular flexibility index (Phi) is 4.20. The summed E-state index contributed by atoms with van der Waals surface area (Å²) < 4.78 is 13.1. The van der Waals surface area contributed by atoms with Crippen LogP contribution in [-0.4, -0.2) is 22.5 Å². The molecular formula is C18H18FNO2. The Morgan fingerprint density at radius 1 is 1.14 bits per heavy atom. The molecule has 1 fully saturated rings. The van der Waals surface area contributed by atoms with Crippen molar-refractivity contribution in [1.82, 2.24) is 4.90 Å². The fourth-order valence-electron chi connectivity index (χ4n) is 3.13. The Hall–Kier alpha value is -2.20. The van der Waals surface area contributed by atoms with E-state index in [1.165, 1.54) is 12.1 Å². The number of amides is 1. The lowest BCUT2D eigenvalue weighted by Crippen LogP contribution is -2.34. The molecule has 0 saturated carbocycles. The summed E-state index contributed by atoms with van der Waals surface area (Å²) in [6, 6.07) is 15.3. The number of benzene rings is 2. The first-order valence-electron chi connectivity index (χ1n) is 7.43. The van der Waals surface area contributed by atoms with Crippen LogP contribution in [0.25, 0.3) is 0 Å². The van der Waals surface area contributed by atoms with Crippen molar-refractivity contribution in [2.24, 2.45) is 0 Å². The van der Waals surface area contributed by atoms with E-state index in [1.54, 1.807) is 17.0 Å². The maximum Gasteiger partial charge on any atom is 0.223 e. The molecule has 0 unspecified atom stereocenters. The summed E-state index contributed by atoms with van der Waals surface area (Å²) in [6.45, 7) is -0.131. The van der Waals surface area contributed by atoms with E-state index in [0.29, 0.717) is 12.8 Å². The molecule has 1 amide bonds. The highest BCUT2D eigenvalue weighted by Gasteiger charge is 2.37. The molecule has 1 N–H and O–H groups in total. The van der Waals surface area contributed by atoms with Crippen molar-refractivity contribution in [2.45, 2.75) is 24.9 Å². The van der Waals surface area contributed by atoms with E-state index in [0.717, 1.165) is 11.1 Å². The number of hydrogen-bond acceptors (Lipinski definition) is 2. The second-order valence-corrected chi connectivity index (χ2v) is 5.52. The summed E-state index contributed by atoms with van der Waals surface area (Å²) in [5, 5.41) is 9.81. The summed E-state index contributed by atoms with van der Waals surface area (Å²) in [5.41, 5.74) is 1.81. The van der Waals surface area contributed by atoms with E-state index < -0.39 is 0 Å². The van der Waals surface area contributed by atoms with E-state index in [4.69, 9.17) is 0 Å². The van der Waals surface area contributed by atoms with Crippen LogP contribution in [0.3, 0.4) is 0 Å². The van der Waals surface area contributed by atoms with E-state index in [9.17, 15) is 14.3 Å². The number of aliphatic hydroxyl groups excluding tert-OH is 1. The van der Waals surface area contributed by atoms with E-state index in [-0.39, 0.29) is 30.4 Å². The van der Waals surface area contributed by atoms with Gasteiger partial charge in [-0.3, -0.25) is 4.79 Å². The minimum Gasteiger partial charge on any atom is -0.394 e. The van der Waals surface area contributed by atoms with Gasteiger partial charge in [-0.2, -0.15) is 0 Å². The van der Waals surface area contributed by atoms with Gasteiger partial charge in [-0.25, -0.2) is 4.39 Å². The number of carbonyl (C=O) groups is 1. The zero-order valence-corrected chi connectivity index (χ0v) is 12.2. The zero-order valence-electron chi connectivity index (χ0n) is 12.2. The molecule has 3 nitrogen and oxygen atoms in total. The number of aliphatic hydroxyl groups is 1. The van der Waals surface area contributed by atoms with Crippen LogP contribution >= 0.6 is 0 Å². The van der Waals surface area contributed by atoms with Gasteiger partial charge in [0.05, 0.1) is 18.7 Å². The zero-order chi connectivity index (χ0) is 15.5. The molecule has 1 heterocycles. The Morgan fingerprint density at radius 3 is 2.45 bits per heavy atom. The second-order valence-electron chi connectivity index (χ2n) is 5.52. The molecule has 1 aliphatic rings. The van der Waals surface area contributed by atoms with Gasteiger partial charge < -0.3 is 10.0 Å². The Morgan fingerprint density at radius 2 is 1.82 bits per heavy atom. The van der Waals surface area contributed by atoms with Crippen LogP contribution in [0, 0.1) is 5.82 Å². The van der Waals surface area contributed by atoms with E-state index in [1.807, 2.05) is 30.3 Å². The SMILES string of the molecule is O=C1CC[C@@H](c2ccc(F)cc2)N1[C@@H](CO)c1ccccc1. The topological polar surface area (TPSA) is 40.5 Å². The molecule has 114 valence electrons. The minimum absolute atomic E-state index is 0.0252. The van der Waals surface area contributed by atoms with Crippen LogP contribution in [-0.2, 0) is 4.79 Å². The third-order valence-corrected chi connectivity index (χ3v) is 4.20. The monoisotopic (exact) mass is 299 g/mol. The van der Waals surface area contributed by atoms with Crippen molar-refractivity contribution >= 4 is 5.91 Å². The van der Waals surface area contributed by atoms with Gasteiger partial charge in [0.2, 0.25) is 5.91 Å². The highest BCUT2D eigenvalue weighted by atomic mass is 19.1. The van der Waals surface area contributed by atoms with Gasteiger partial charge in [-0.05, 0) is 29.7 Å². The van der Waals surface area contributed by atoms with Gasteiger partial charge in [0.1, 0.15) is 5.82 Å². The number of hydrogen-bond donors (Lipinski definition) is 1.